The highest BCUT2D eigenvalue weighted by Crippen LogP contribution is 2.34. The van der Waals surface area contributed by atoms with Gasteiger partial charge in [0.25, 0.3) is 17.1 Å². The molecular formula is C19H14Cl2N2O4S. The Balaban J connectivity index is 1.72. The third-order valence-corrected chi connectivity index (χ3v) is 5.18. The molecule has 1 N–H and O–H groups in total. The lowest BCUT2D eigenvalue weighted by Crippen LogP contribution is -2.22. The molecule has 144 valence electrons. The van der Waals surface area contributed by atoms with Crippen LogP contribution in [0.25, 0.3) is 6.08 Å². The first-order chi connectivity index (χ1) is 13.3. The summed E-state index contributed by atoms with van der Waals surface area (Å²) in [5, 5.41) is 3.33. The van der Waals surface area contributed by atoms with Crippen molar-refractivity contribution in [3.8, 4) is 5.75 Å². The molecule has 0 saturated carbocycles. The number of anilines is 1. The van der Waals surface area contributed by atoms with E-state index in [9.17, 15) is 14.4 Å². The van der Waals surface area contributed by atoms with Crippen LogP contribution in [0.2, 0.25) is 10.0 Å². The lowest BCUT2D eigenvalue weighted by atomic mass is 10.2. The van der Waals surface area contributed by atoms with Crippen molar-refractivity contribution in [2.75, 3.05) is 19.0 Å². The average molecular weight is 437 g/mol. The van der Waals surface area contributed by atoms with Gasteiger partial charge in [-0.1, -0.05) is 23.2 Å². The summed E-state index contributed by atoms with van der Waals surface area (Å²) < 4.78 is 5.59. The van der Waals surface area contributed by atoms with Crippen LogP contribution in [-0.4, -0.2) is 35.6 Å². The van der Waals surface area contributed by atoms with Gasteiger partial charge in [-0.3, -0.25) is 19.3 Å². The molecule has 0 unspecified atom stereocenters. The van der Waals surface area contributed by atoms with Gasteiger partial charge in [0.05, 0.1) is 4.91 Å². The molecule has 0 spiro atoms. The van der Waals surface area contributed by atoms with Crippen LogP contribution in [0.5, 0.6) is 5.75 Å². The standard InChI is InChI=1S/C19H14Cl2N2O4S/c1-23-18(25)16(28-19(23)26)9-11-8-13(21)4-7-15(11)27-10-17(24)22-14-5-2-12(20)3-6-14/h2-9H,10H2,1H3,(H,22,24). The molecule has 1 heterocycles. The Kier molecular flexibility index (Phi) is 6.28. The van der Waals surface area contributed by atoms with Gasteiger partial charge in [0.2, 0.25) is 0 Å². The van der Waals surface area contributed by atoms with Crippen molar-refractivity contribution in [2.45, 2.75) is 0 Å². The van der Waals surface area contributed by atoms with Gasteiger partial charge in [0, 0.05) is 28.3 Å². The van der Waals surface area contributed by atoms with E-state index in [0.717, 1.165) is 16.7 Å². The van der Waals surface area contributed by atoms with Crippen molar-refractivity contribution < 1.29 is 19.1 Å². The number of likely N-dealkylation sites (N-methyl/N-ethyl adjacent to an activating group) is 1. The molecule has 1 fully saturated rings. The fraction of sp³-hybridized carbons (Fsp3) is 0.105. The highest BCUT2D eigenvalue weighted by molar-refractivity contribution is 8.18. The maximum absolute atomic E-state index is 12.1. The zero-order chi connectivity index (χ0) is 20.3. The summed E-state index contributed by atoms with van der Waals surface area (Å²) in [5.41, 5.74) is 1.08. The lowest BCUT2D eigenvalue weighted by molar-refractivity contribution is -0.121. The second kappa shape index (κ2) is 8.68. The summed E-state index contributed by atoms with van der Waals surface area (Å²) >= 11 is 12.7. The Morgan fingerprint density at radius 1 is 1.14 bits per heavy atom. The Labute approximate surface area is 175 Å². The summed E-state index contributed by atoms with van der Waals surface area (Å²) in [5.74, 6) is -0.405. The molecule has 0 radical (unpaired) electrons. The van der Waals surface area contributed by atoms with Crippen LogP contribution in [0.4, 0.5) is 10.5 Å². The van der Waals surface area contributed by atoms with Crippen LogP contribution in [0.1, 0.15) is 5.56 Å². The van der Waals surface area contributed by atoms with E-state index in [1.165, 1.54) is 13.1 Å². The first kappa shape index (κ1) is 20.3. The number of rotatable bonds is 5. The second-order valence-corrected chi connectivity index (χ2v) is 7.63. The third kappa shape index (κ3) is 4.86. The first-order valence-corrected chi connectivity index (χ1v) is 9.60. The summed E-state index contributed by atoms with van der Waals surface area (Å²) in [4.78, 5) is 37.1. The highest BCUT2D eigenvalue weighted by atomic mass is 35.5. The van der Waals surface area contributed by atoms with Crippen molar-refractivity contribution >= 4 is 63.8 Å². The number of carbonyl (C=O) groups excluding carboxylic acids is 3. The number of benzene rings is 2. The smallest absolute Gasteiger partial charge is 0.293 e. The van der Waals surface area contributed by atoms with E-state index in [2.05, 4.69) is 5.32 Å². The Morgan fingerprint density at radius 3 is 2.46 bits per heavy atom. The molecule has 0 aliphatic carbocycles. The molecule has 28 heavy (non-hydrogen) atoms. The SMILES string of the molecule is CN1C(=O)SC(=Cc2cc(Cl)ccc2OCC(=O)Nc2ccc(Cl)cc2)C1=O. The molecule has 3 rings (SSSR count). The van der Waals surface area contributed by atoms with Gasteiger partial charge >= 0.3 is 0 Å². The van der Waals surface area contributed by atoms with E-state index in [4.69, 9.17) is 27.9 Å². The molecule has 9 heteroatoms. The Morgan fingerprint density at radius 2 is 1.82 bits per heavy atom. The largest absolute Gasteiger partial charge is 0.483 e. The molecule has 6 nitrogen and oxygen atoms in total. The van der Waals surface area contributed by atoms with E-state index in [1.807, 2.05) is 0 Å². The Bertz CT molecular complexity index is 976. The number of halogens is 2. The van der Waals surface area contributed by atoms with Gasteiger partial charge in [0.1, 0.15) is 5.75 Å². The number of amides is 3. The van der Waals surface area contributed by atoms with Crippen LogP contribution in [0.3, 0.4) is 0 Å². The van der Waals surface area contributed by atoms with Crippen molar-refractivity contribution in [3.05, 3.63) is 63.0 Å². The molecule has 1 aliphatic heterocycles. The van der Waals surface area contributed by atoms with Crippen LogP contribution in [-0.2, 0) is 9.59 Å². The fourth-order valence-corrected chi connectivity index (χ4v) is 3.45. The summed E-state index contributed by atoms with van der Waals surface area (Å²) in [6.07, 6.45) is 1.52. The van der Waals surface area contributed by atoms with Crippen LogP contribution in [0.15, 0.2) is 47.4 Å². The van der Waals surface area contributed by atoms with Gasteiger partial charge in [-0.15, -0.1) is 0 Å². The lowest BCUT2D eigenvalue weighted by Gasteiger charge is -2.11. The number of imide groups is 1. The molecular weight excluding hydrogens is 423 g/mol. The van der Waals surface area contributed by atoms with Crippen LogP contribution >= 0.6 is 35.0 Å². The first-order valence-electron chi connectivity index (χ1n) is 8.03. The average Bonchev–Trinajstić information content (AvgIpc) is 2.90. The fourth-order valence-electron chi connectivity index (χ4n) is 2.32. The predicted molar refractivity (Wildman–Crippen MR) is 111 cm³/mol. The molecule has 0 aromatic heterocycles. The summed E-state index contributed by atoms with van der Waals surface area (Å²) in [6.45, 7) is -0.250. The molecule has 1 saturated heterocycles. The molecule has 0 atom stereocenters. The normalized spacial score (nSPS) is 15.2. The number of thioether (sulfide) groups is 1. The van der Waals surface area contributed by atoms with Crippen molar-refractivity contribution in [2.24, 2.45) is 0 Å². The minimum atomic E-state index is -0.401. The number of nitrogens with zero attached hydrogens (tertiary/aromatic N) is 1. The van der Waals surface area contributed by atoms with E-state index in [1.54, 1.807) is 42.5 Å². The van der Waals surface area contributed by atoms with Crippen molar-refractivity contribution in [1.82, 2.24) is 4.90 Å². The molecule has 2 aromatic carbocycles. The van der Waals surface area contributed by atoms with E-state index in [-0.39, 0.29) is 22.7 Å². The second-order valence-electron chi connectivity index (χ2n) is 5.77. The van der Waals surface area contributed by atoms with Gasteiger partial charge in [-0.2, -0.15) is 0 Å². The van der Waals surface area contributed by atoms with E-state index >= 15 is 0 Å². The molecule has 1 aliphatic rings. The molecule has 2 aromatic rings. The van der Waals surface area contributed by atoms with Gasteiger partial charge < -0.3 is 10.1 Å². The zero-order valence-corrected chi connectivity index (χ0v) is 16.9. The van der Waals surface area contributed by atoms with Crippen molar-refractivity contribution in [3.63, 3.8) is 0 Å². The van der Waals surface area contributed by atoms with E-state index < -0.39 is 5.91 Å². The number of hydrogen-bond acceptors (Lipinski definition) is 5. The topological polar surface area (TPSA) is 75.7 Å². The van der Waals surface area contributed by atoms with Crippen molar-refractivity contribution in [1.29, 1.82) is 0 Å². The molecule has 3 amide bonds. The predicted octanol–water partition coefficient (Wildman–Crippen LogP) is 4.68. The highest BCUT2D eigenvalue weighted by Gasteiger charge is 2.32. The van der Waals surface area contributed by atoms with Gasteiger partial charge in [-0.05, 0) is 60.3 Å². The van der Waals surface area contributed by atoms with Crippen LogP contribution < -0.4 is 10.1 Å². The number of nitrogens with one attached hydrogen (secondary N) is 1. The third-order valence-electron chi connectivity index (χ3n) is 3.73. The monoisotopic (exact) mass is 436 g/mol. The number of carbonyl (C=O) groups is 3. The zero-order valence-electron chi connectivity index (χ0n) is 14.6. The number of ether oxygens (including phenoxy) is 1. The summed E-state index contributed by atoms with van der Waals surface area (Å²) in [6, 6.07) is 11.5. The maximum Gasteiger partial charge on any atom is 0.293 e. The van der Waals surface area contributed by atoms with Gasteiger partial charge in [0.15, 0.2) is 6.61 Å². The van der Waals surface area contributed by atoms with E-state index in [0.29, 0.717) is 27.0 Å². The maximum atomic E-state index is 12.1. The van der Waals surface area contributed by atoms with Crippen LogP contribution in [0, 0.1) is 0 Å². The Hall–Kier alpha value is -2.48. The van der Waals surface area contributed by atoms with Gasteiger partial charge in [-0.25, -0.2) is 0 Å². The number of hydrogen-bond donors (Lipinski definition) is 1. The minimum Gasteiger partial charge on any atom is -0.483 e. The minimum absolute atomic E-state index is 0.250. The summed E-state index contributed by atoms with van der Waals surface area (Å²) in [7, 11) is 1.41. The molecule has 0 bridgehead atoms. The quantitative estimate of drug-likeness (QED) is 0.688.